The predicted molar refractivity (Wildman–Crippen MR) is 90.8 cm³/mol. The average molecular weight is 289 g/mol. The van der Waals surface area contributed by atoms with Gasteiger partial charge in [0.1, 0.15) is 5.58 Å². The van der Waals surface area contributed by atoms with Crippen LogP contribution in [0.15, 0.2) is 74.9 Å². The Hall–Kier alpha value is -2.94. The van der Waals surface area contributed by atoms with Crippen molar-refractivity contribution >= 4 is 28.9 Å². The monoisotopic (exact) mass is 289 g/mol. The third-order valence-electron chi connectivity index (χ3n) is 3.33. The number of fused-ring (bicyclic) bond motifs is 1. The summed E-state index contributed by atoms with van der Waals surface area (Å²) in [5, 5.41) is 0.929. The first-order valence-corrected chi connectivity index (χ1v) is 7.03. The minimum atomic E-state index is -0.338. The van der Waals surface area contributed by atoms with Crippen LogP contribution in [-0.4, -0.2) is 6.21 Å². The van der Waals surface area contributed by atoms with Crippen LogP contribution in [0, 0.1) is 6.92 Å². The Labute approximate surface area is 128 Å². The highest BCUT2D eigenvalue weighted by Gasteiger charge is 2.02. The van der Waals surface area contributed by atoms with Gasteiger partial charge in [-0.05, 0) is 36.3 Å². The lowest BCUT2D eigenvalue weighted by molar-refractivity contribution is 0.560. The molecule has 3 nitrogen and oxygen atoms in total. The zero-order valence-corrected chi connectivity index (χ0v) is 12.2. The standard InChI is InChI=1S/C19H15NO2/c1-14-12-19(21)22-18-13-16(9-10-17(14)18)20-11-5-8-15-6-3-2-4-7-15/h2-13H,1H3/b8-5+,20-11?. The second-order valence-corrected chi connectivity index (χ2v) is 4.98. The van der Waals surface area contributed by atoms with Crippen molar-refractivity contribution in [2.24, 2.45) is 4.99 Å². The highest BCUT2D eigenvalue weighted by Crippen LogP contribution is 2.22. The number of benzene rings is 2. The van der Waals surface area contributed by atoms with E-state index in [1.54, 1.807) is 12.3 Å². The molecule has 2 aromatic carbocycles. The molecule has 3 aromatic rings. The number of hydrogen-bond donors (Lipinski definition) is 0. The zero-order chi connectivity index (χ0) is 15.4. The molecule has 0 saturated heterocycles. The summed E-state index contributed by atoms with van der Waals surface area (Å²) in [5.41, 5.74) is 3.00. The maximum Gasteiger partial charge on any atom is 0.336 e. The summed E-state index contributed by atoms with van der Waals surface area (Å²) in [6, 6.07) is 17.1. The van der Waals surface area contributed by atoms with Gasteiger partial charge in [0, 0.05) is 23.7 Å². The molecule has 0 unspecified atom stereocenters. The quantitative estimate of drug-likeness (QED) is 0.525. The summed E-state index contributed by atoms with van der Waals surface area (Å²) in [4.78, 5) is 15.8. The maximum atomic E-state index is 11.4. The molecule has 0 N–H and O–H groups in total. The highest BCUT2D eigenvalue weighted by molar-refractivity contribution is 5.85. The molecule has 1 aromatic heterocycles. The van der Waals surface area contributed by atoms with Crippen LogP contribution in [0.25, 0.3) is 17.0 Å². The van der Waals surface area contributed by atoms with E-state index in [1.807, 2.05) is 61.5 Å². The molecule has 3 heteroatoms. The number of hydrogen-bond acceptors (Lipinski definition) is 3. The number of aryl methyl sites for hydroxylation is 1. The fourth-order valence-electron chi connectivity index (χ4n) is 2.24. The molecule has 0 aliphatic heterocycles. The normalized spacial score (nSPS) is 11.7. The lowest BCUT2D eigenvalue weighted by Crippen LogP contribution is -1.97. The Morgan fingerprint density at radius 3 is 2.68 bits per heavy atom. The molecule has 108 valence electrons. The summed E-state index contributed by atoms with van der Waals surface area (Å²) >= 11 is 0. The Kier molecular flexibility index (Phi) is 3.97. The summed E-state index contributed by atoms with van der Waals surface area (Å²) in [7, 11) is 0. The summed E-state index contributed by atoms with van der Waals surface area (Å²) in [6.45, 7) is 1.89. The molecule has 0 radical (unpaired) electrons. The maximum absolute atomic E-state index is 11.4. The Morgan fingerprint density at radius 2 is 1.86 bits per heavy atom. The molecule has 22 heavy (non-hydrogen) atoms. The van der Waals surface area contributed by atoms with Crippen molar-refractivity contribution in [3.8, 4) is 0 Å². The predicted octanol–water partition coefficient (Wildman–Crippen LogP) is 4.52. The van der Waals surface area contributed by atoms with Crippen molar-refractivity contribution in [3.63, 3.8) is 0 Å². The molecule has 0 aliphatic carbocycles. The Morgan fingerprint density at radius 1 is 1.05 bits per heavy atom. The van der Waals surface area contributed by atoms with Gasteiger partial charge in [-0.3, -0.25) is 4.99 Å². The van der Waals surface area contributed by atoms with Gasteiger partial charge in [-0.1, -0.05) is 36.4 Å². The van der Waals surface area contributed by atoms with Crippen molar-refractivity contribution < 1.29 is 4.42 Å². The van der Waals surface area contributed by atoms with Gasteiger partial charge < -0.3 is 4.42 Å². The summed E-state index contributed by atoms with van der Waals surface area (Å²) in [6.07, 6.45) is 5.59. The summed E-state index contributed by atoms with van der Waals surface area (Å²) < 4.78 is 5.21. The second-order valence-electron chi connectivity index (χ2n) is 4.98. The smallest absolute Gasteiger partial charge is 0.336 e. The van der Waals surface area contributed by atoms with Gasteiger partial charge in [-0.15, -0.1) is 0 Å². The van der Waals surface area contributed by atoms with Crippen molar-refractivity contribution in [1.82, 2.24) is 0 Å². The Bertz CT molecular complexity index is 906. The molecule has 0 spiro atoms. The van der Waals surface area contributed by atoms with E-state index in [2.05, 4.69) is 4.99 Å². The summed E-state index contributed by atoms with van der Waals surface area (Å²) in [5.74, 6) is 0. The first kappa shape index (κ1) is 14.0. The van der Waals surface area contributed by atoms with E-state index in [9.17, 15) is 4.79 Å². The van der Waals surface area contributed by atoms with Gasteiger partial charge in [-0.25, -0.2) is 4.79 Å². The third-order valence-corrected chi connectivity index (χ3v) is 3.33. The van der Waals surface area contributed by atoms with Crippen LogP contribution in [0.3, 0.4) is 0 Å². The van der Waals surface area contributed by atoms with E-state index in [0.717, 1.165) is 22.2 Å². The zero-order valence-electron chi connectivity index (χ0n) is 12.2. The van der Waals surface area contributed by atoms with Crippen LogP contribution in [0.2, 0.25) is 0 Å². The van der Waals surface area contributed by atoms with Crippen molar-refractivity contribution in [1.29, 1.82) is 0 Å². The number of aliphatic imine (C=N–C) groups is 1. The molecular formula is C19H15NO2. The molecule has 3 rings (SSSR count). The molecule has 0 atom stereocenters. The topological polar surface area (TPSA) is 42.6 Å². The molecule has 0 saturated carbocycles. The molecule has 0 amide bonds. The van der Waals surface area contributed by atoms with E-state index < -0.39 is 0 Å². The first-order chi connectivity index (χ1) is 10.7. The van der Waals surface area contributed by atoms with Gasteiger partial charge in [0.25, 0.3) is 0 Å². The first-order valence-electron chi connectivity index (χ1n) is 7.03. The van der Waals surface area contributed by atoms with Crippen LogP contribution >= 0.6 is 0 Å². The van der Waals surface area contributed by atoms with E-state index >= 15 is 0 Å². The van der Waals surface area contributed by atoms with Crippen LogP contribution < -0.4 is 5.63 Å². The van der Waals surface area contributed by atoms with Gasteiger partial charge in [-0.2, -0.15) is 0 Å². The number of rotatable bonds is 3. The van der Waals surface area contributed by atoms with E-state index in [-0.39, 0.29) is 5.63 Å². The van der Waals surface area contributed by atoms with Gasteiger partial charge >= 0.3 is 5.63 Å². The molecule has 1 heterocycles. The van der Waals surface area contributed by atoms with Gasteiger partial charge in [0.05, 0.1) is 5.69 Å². The minimum absolute atomic E-state index is 0.338. The number of allylic oxidation sites excluding steroid dienone is 1. The van der Waals surface area contributed by atoms with E-state index in [4.69, 9.17) is 4.42 Å². The van der Waals surface area contributed by atoms with E-state index in [1.165, 1.54) is 6.07 Å². The SMILES string of the molecule is Cc1cc(=O)oc2cc(N=C/C=C/c3ccccc3)ccc12. The van der Waals surface area contributed by atoms with Crippen LogP contribution in [0.1, 0.15) is 11.1 Å². The number of nitrogens with zero attached hydrogens (tertiary/aromatic N) is 1. The lowest BCUT2D eigenvalue weighted by atomic mass is 10.1. The van der Waals surface area contributed by atoms with Gasteiger partial charge in [0.15, 0.2) is 0 Å². The molecule has 0 fully saturated rings. The third kappa shape index (κ3) is 3.20. The fraction of sp³-hybridized carbons (Fsp3) is 0.0526. The molecule has 0 aliphatic rings. The Balaban J connectivity index is 1.83. The minimum Gasteiger partial charge on any atom is -0.423 e. The lowest BCUT2D eigenvalue weighted by Gasteiger charge is -2.00. The van der Waals surface area contributed by atoms with Gasteiger partial charge in [0.2, 0.25) is 0 Å². The van der Waals surface area contributed by atoms with Crippen molar-refractivity contribution in [3.05, 3.63) is 82.2 Å². The van der Waals surface area contributed by atoms with Crippen LogP contribution in [0.4, 0.5) is 5.69 Å². The van der Waals surface area contributed by atoms with Crippen molar-refractivity contribution in [2.45, 2.75) is 6.92 Å². The van der Waals surface area contributed by atoms with Crippen molar-refractivity contribution in [2.75, 3.05) is 0 Å². The molecule has 0 bridgehead atoms. The second kappa shape index (κ2) is 6.22. The average Bonchev–Trinajstić information content (AvgIpc) is 2.52. The molecular weight excluding hydrogens is 274 g/mol. The van der Waals surface area contributed by atoms with E-state index in [0.29, 0.717) is 5.58 Å². The highest BCUT2D eigenvalue weighted by atomic mass is 16.4. The van der Waals surface area contributed by atoms with Crippen LogP contribution in [-0.2, 0) is 0 Å². The fourth-order valence-corrected chi connectivity index (χ4v) is 2.24. The van der Waals surface area contributed by atoms with Crippen LogP contribution in [0.5, 0.6) is 0 Å². The largest absolute Gasteiger partial charge is 0.423 e.